The molecule has 0 saturated carbocycles. The number of hydrogen-bond acceptors (Lipinski definition) is 10. The average Bonchev–Trinajstić information content (AvgIpc) is 3.34. The van der Waals surface area contributed by atoms with E-state index in [2.05, 4.69) is 19.9 Å². The van der Waals surface area contributed by atoms with Gasteiger partial charge in [0.15, 0.2) is 11.5 Å². The van der Waals surface area contributed by atoms with Gasteiger partial charge in [-0.3, -0.25) is 19.1 Å². The minimum absolute atomic E-state index is 0.00651. The van der Waals surface area contributed by atoms with E-state index < -0.39 is 68.7 Å². The maximum atomic E-state index is 14.2. The summed E-state index contributed by atoms with van der Waals surface area (Å²) in [5.74, 6) is -1.82. The minimum Gasteiger partial charge on any atom is -0.486 e. The Labute approximate surface area is 251 Å². The molecule has 1 aliphatic heterocycles. The van der Waals surface area contributed by atoms with Crippen LogP contribution in [0.5, 0.6) is 11.6 Å². The van der Waals surface area contributed by atoms with Crippen molar-refractivity contribution < 1.29 is 54.9 Å². The maximum Gasteiger partial charge on any atom is 0.427 e. The molecule has 1 aliphatic rings. The number of sulfonamides is 1. The summed E-state index contributed by atoms with van der Waals surface area (Å²) in [5.41, 5.74) is 1.39. The molecule has 0 saturated heterocycles. The third kappa shape index (κ3) is 7.46. The molecule has 0 spiro atoms. The third-order valence-electron chi connectivity index (χ3n) is 6.72. The van der Waals surface area contributed by atoms with Crippen LogP contribution in [-0.4, -0.2) is 74.3 Å². The molecule has 3 rings (SSSR count). The van der Waals surface area contributed by atoms with E-state index in [-0.39, 0.29) is 36.6 Å². The SMILES string of the molecule is CCn1cc(S(=O)(=O)N2CC(CC(C)(C)C(N)=O)Oc3ccc(NC(=O)OC(C)(C)C(F)(F)F)cc32)c(OCC(=O)OC)n1. The zero-order valence-corrected chi connectivity index (χ0v) is 25.7. The average molecular weight is 650 g/mol. The Morgan fingerprint density at radius 3 is 2.41 bits per heavy atom. The lowest BCUT2D eigenvalue weighted by Gasteiger charge is -2.37. The van der Waals surface area contributed by atoms with Crippen molar-refractivity contribution in [2.75, 3.05) is 29.9 Å². The first-order valence-corrected chi connectivity index (χ1v) is 14.6. The highest BCUT2D eigenvalue weighted by molar-refractivity contribution is 7.93. The molecular weight excluding hydrogens is 615 g/mol. The van der Waals surface area contributed by atoms with Crippen molar-refractivity contribution in [2.45, 2.75) is 70.4 Å². The van der Waals surface area contributed by atoms with Crippen LogP contribution in [0.25, 0.3) is 0 Å². The van der Waals surface area contributed by atoms with Gasteiger partial charge in [0.25, 0.3) is 15.9 Å². The number of hydrogen-bond donors (Lipinski definition) is 2. The van der Waals surface area contributed by atoms with Crippen molar-refractivity contribution in [3.63, 3.8) is 0 Å². The van der Waals surface area contributed by atoms with E-state index in [1.54, 1.807) is 20.8 Å². The van der Waals surface area contributed by atoms with Gasteiger partial charge >= 0.3 is 18.2 Å². The molecule has 44 heavy (non-hydrogen) atoms. The Balaban J connectivity index is 2.07. The fourth-order valence-corrected chi connectivity index (χ4v) is 5.53. The number of ether oxygens (including phenoxy) is 4. The molecule has 244 valence electrons. The van der Waals surface area contributed by atoms with Crippen LogP contribution in [0, 0.1) is 5.41 Å². The number of anilines is 2. The summed E-state index contributed by atoms with van der Waals surface area (Å²) in [7, 11) is -3.45. The van der Waals surface area contributed by atoms with Gasteiger partial charge in [-0.15, -0.1) is 5.10 Å². The first-order chi connectivity index (χ1) is 20.2. The summed E-state index contributed by atoms with van der Waals surface area (Å²) in [4.78, 5) is 35.6. The number of methoxy groups -OCH3 is 1. The number of carbonyl (C=O) groups excluding carboxylic acids is 3. The molecule has 2 heterocycles. The van der Waals surface area contributed by atoms with Gasteiger partial charge in [0.1, 0.15) is 11.9 Å². The Morgan fingerprint density at radius 2 is 1.84 bits per heavy atom. The first-order valence-electron chi connectivity index (χ1n) is 13.2. The van der Waals surface area contributed by atoms with Gasteiger partial charge in [-0.1, -0.05) is 13.8 Å². The number of amides is 2. The van der Waals surface area contributed by atoms with Crippen molar-refractivity contribution in [1.82, 2.24) is 9.78 Å². The highest BCUT2D eigenvalue weighted by Crippen LogP contribution is 2.42. The predicted molar refractivity (Wildman–Crippen MR) is 149 cm³/mol. The molecule has 2 aromatic rings. The van der Waals surface area contributed by atoms with Crippen LogP contribution in [0.4, 0.5) is 29.3 Å². The van der Waals surface area contributed by atoms with Crippen molar-refractivity contribution in [3.8, 4) is 11.6 Å². The van der Waals surface area contributed by atoms with Crippen molar-refractivity contribution in [2.24, 2.45) is 11.1 Å². The number of nitrogens with one attached hydrogen (secondary N) is 1. The van der Waals surface area contributed by atoms with Gasteiger partial charge in [0.05, 0.1) is 19.3 Å². The Kier molecular flexibility index (Phi) is 9.67. The molecule has 3 N–H and O–H groups in total. The fourth-order valence-electron chi connectivity index (χ4n) is 3.96. The number of carbonyl (C=O) groups is 3. The smallest absolute Gasteiger partial charge is 0.427 e. The number of halogens is 3. The number of alkyl halides is 3. The Morgan fingerprint density at radius 1 is 1.18 bits per heavy atom. The number of nitrogens with zero attached hydrogens (tertiary/aromatic N) is 3. The first kappa shape index (κ1) is 34.3. The van der Waals surface area contributed by atoms with Crippen molar-refractivity contribution in [1.29, 1.82) is 0 Å². The lowest BCUT2D eigenvalue weighted by molar-refractivity contribution is -0.242. The second-order valence-corrected chi connectivity index (χ2v) is 12.8. The number of primary amides is 1. The van der Waals surface area contributed by atoms with Gasteiger partial charge in [-0.05, 0) is 45.4 Å². The number of nitrogens with two attached hydrogens (primary N) is 1. The van der Waals surface area contributed by atoms with E-state index in [1.807, 2.05) is 0 Å². The summed E-state index contributed by atoms with van der Waals surface area (Å²) in [5, 5.41) is 6.26. The van der Waals surface area contributed by atoms with Crippen LogP contribution in [0.3, 0.4) is 0 Å². The van der Waals surface area contributed by atoms with Gasteiger partial charge in [0, 0.05) is 23.8 Å². The summed E-state index contributed by atoms with van der Waals surface area (Å²) >= 11 is 0. The number of rotatable bonds is 11. The molecule has 0 bridgehead atoms. The molecule has 0 aliphatic carbocycles. The number of benzene rings is 1. The summed E-state index contributed by atoms with van der Waals surface area (Å²) < 4.78 is 90.7. The summed E-state index contributed by atoms with van der Waals surface area (Å²) in [6.45, 7) is 5.42. The summed E-state index contributed by atoms with van der Waals surface area (Å²) in [6.07, 6.45) is -5.99. The third-order valence-corrected chi connectivity index (χ3v) is 8.48. The number of esters is 1. The predicted octanol–water partition coefficient (Wildman–Crippen LogP) is 3.20. The van der Waals surface area contributed by atoms with Crippen molar-refractivity contribution in [3.05, 3.63) is 24.4 Å². The molecule has 0 radical (unpaired) electrons. The van der Waals surface area contributed by atoms with Crippen LogP contribution >= 0.6 is 0 Å². The highest BCUT2D eigenvalue weighted by Gasteiger charge is 2.51. The quantitative estimate of drug-likeness (QED) is 0.343. The molecule has 1 aromatic carbocycles. The van der Waals surface area contributed by atoms with Gasteiger partial charge in [0.2, 0.25) is 11.5 Å². The zero-order valence-electron chi connectivity index (χ0n) is 24.9. The molecule has 18 heteroatoms. The molecule has 2 amide bonds. The monoisotopic (exact) mass is 649 g/mol. The Bertz CT molecular complexity index is 1520. The van der Waals surface area contributed by atoms with E-state index in [9.17, 15) is 36.0 Å². The standard InChI is InChI=1S/C26H34F3N5O9S/c1-7-33-13-19(21(32-33)41-14-20(35)40-6)44(38,39)34-12-16(11-24(2,3)22(30)36)42-18-9-8-15(10-17(18)34)31-23(37)43-25(4,5)26(27,28)29/h8-10,13,16H,7,11-12,14H2,1-6H3,(H2,30,36)(H,31,37). The van der Waals surface area contributed by atoms with E-state index in [0.717, 1.165) is 11.4 Å². The van der Waals surface area contributed by atoms with Gasteiger partial charge in [-0.25, -0.2) is 18.0 Å². The topological polar surface area (TPSA) is 181 Å². The lowest BCUT2D eigenvalue weighted by atomic mass is 9.85. The van der Waals surface area contributed by atoms with Crippen LogP contribution in [0.1, 0.15) is 41.0 Å². The number of fused-ring (bicyclic) bond motifs is 1. The molecule has 14 nitrogen and oxygen atoms in total. The van der Waals surface area contributed by atoms with Gasteiger partial charge < -0.3 is 24.7 Å². The van der Waals surface area contributed by atoms with Crippen LogP contribution < -0.4 is 24.8 Å². The second-order valence-electron chi connectivity index (χ2n) is 11.0. The van der Waals surface area contributed by atoms with Crippen molar-refractivity contribution >= 4 is 39.4 Å². The fraction of sp³-hybridized carbons (Fsp3) is 0.538. The van der Waals surface area contributed by atoms with Gasteiger partial charge in [-0.2, -0.15) is 13.2 Å². The number of aryl methyl sites for hydroxylation is 1. The largest absolute Gasteiger partial charge is 0.486 e. The Hall–Kier alpha value is -4.22. The van der Waals surface area contributed by atoms with E-state index in [0.29, 0.717) is 13.8 Å². The van der Waals surface area contributed by atoms with E-state index >= 15 is 0 Å². The number of aromatic nitrogens is 2. The minimum atomic E-state index is -4.86. The maximum absolute atomic E-state index is 14.2. The van der Waals surface area contributed by atoms with E-state index in [4.69, 9.17) is 15.2 Å². The van der Waals surface area contributed by atoms with Crippen LogP contribution in [0.2, 0.25) is 0 Å². The molecule has 1 unspecified atom stereocenters. The van der Waals surface area contributed by atoms with Crippen LogP contribution in [-0.2, 0) is 35.6 Å². The van der Waals surface area contributed by atoms with E-state index in [1.165, 1.54) is 29.1 Å². The highest BCUT2D eigenvalue weighted by atomic mass is 32.2. The molecule has 1 aromatic heterocycles. The zero-order chi connectivity index (χ0) is 33.3. The molecular formula is C26H34F3N5O9S. The molecule has 1 atom stereocenters. The lowest BCUT2D eigenvalue weighted by Crippen LogP contribution is -2.47. The normalized spacial score (nSPS) is 15.6. The summed E-state index contributed by atoms with van der Waals surface area (Å²) in [6, 6.07) is 3.74. The molecule has 0 fully saturated rings. The second kappa shape index (κ2) is 12.4. The van der Waals surface area contributed by atoms with Crippen LogP contribution in [0.15, 0.2) is 29.3 Å².